The van der Waals surface area contributed by atoms with Gasteiger partial charge in [-0.25, -0.2) is 4.98 Å². The maximum absolute atomic E-state index is 12.4. The molecular formula is C17H24N4O4. The quantitative estimate of drug-likeness (QED) is 0.567. The number of carbonyl (C=O) groups is 3. The molecule has 136 valence electrons. The highest BCUT2D eigenvalue weighted by atomic mass is 16.4. The fourth-order valence-electron chi connectivity index (χ4n) is 2.56. The number of rotatable bonds is 10. The fraction of sp³-hybridized carbons (Fsp3) is 0.529. The number of anilines is 1. The second-order valence-electron chi connectivity index (χ2n) is 6.19. The third kappa shape index (κ3) is 6.78. The molecular weight excluding hydrogens is 324 g/mol. The Labute approximate surface area is 146 Å². The highest BCUT2D eigenvalue weighted by molar-refractivity contribution is 5.85. The van der Waals surface area contributed by atoms with Crippen LogP contribution in [0.4, 0.5) is 5.82 Å². The van der Waals surface area contributed by atoms with Crippen molar-refractivity contribution < 1.29 is 19.5 Å². The number of carboxylic acids is 1. The van der Waals surface area contributed by atoms with E-state index in [0.29, 0.717) is 18.7 Å². The summed E-state index contributed by atoms with van der Waals surface area (Å²) in [6.45, 7) is 0.0651. The van der Waals surface area contributed by atoms with Crippen LogP contribution in [0.2, 0.25) is 0 Å². The zero-order valence-electron chi connectivity index (χ0n) is 14.1. The van der Waals surface area contributed by atoms with E-state index in [9.17, 15) is 14.4 Å². The van der Waals surface area contributed by atoms with Crippen LogP contribution in [0.15, 0.2) is 18.3 Å². The minimum absolute atomic E-state index is 0.00861. The number of carbonyl (C=O) groups excluding carboxylic acids is 2. The molecule has 1 aromatic heterocycles. The van der Waals surface area contributed by atoms with Crippen molar-refractivity contribution in [3.05, 3.63) is 23.9 Å². The van der Waals surface area contributed by atoms with Gasteiger partial charge in [-0.1, -0.05) is 0 Å². The van der Waals surface area contributed by atoms with Gasteiger partial charge in [-0.2, -0.15) is 0 Å². The first-order chi connectivity index (χ1) is 12.0. The topological polar surface area (TPSA) is 126 Å². The number of pyridine rings is 1. The highest BCUT2D eigenvalue weighted by Crippen LogP contribution is 2.27. The lowest BCUT2D eigenvalue weighted by atomic mass is 10.1. The van der Waals surface area contributed by atoms with Crippen LogP contribution in [0.1, 0.15) is 37.7 Å². The van der Waals surface area contributed by atoms with Crippen LogP contribution < -0.4 is 11.1 Å². The Morgan fingerprint density at radius 3 is 2.72 bits per heavy atom. The summed E-state index contributed by atoms with van der Waals surface area (Å²) < 4.78 is 0. The Balaban J connectivity index is 1.76. The maximum atomic E-state index is 12.4. The van der Waals surface area contributed by atoms with Crippen LogP contribution in [0.5, 0.6) is 0 Å². The van der Waals surface area contributed by atoms with Gasteiger partial charge in [0, 0.05) is 25.2 Å². The number of aromatic nitrogens is 1. The summed E-state index contributed by atoms with van der Waals surface area (Å²) in [5, 5.41) is 11.1. The van der Waals surface area contributed by atoms with Crippen molar-refractivity contribution in [1.29, 1.82) is 0 Å². The van der Waals surface area contributed by atoms with E-state index in [2.05, 4.69) is 10.3 Å². The van der Waals surface area contributed by atoms with Gasteiger partial charge >= 0.3 is 5.97 Å². The molecule has 0 bridgehead atoms. The Kier molecular flexibility index (Phi) is 6.73. The standard InChI is InChI=1S/C17H24N4O4/c18-14-10-12(6-8-19-14)2-1-3-16(23)21(13-4-5-13)11-15(22)20-9-7-17(24)25/h6,8,10,13H,1-5,7,9,11H2,(H2,18,19)(H,20,22)(H,24,25). The van der Waals surface area contributed by atoms with Crippen LogP contribution in [0.25, 0.3) is 0 Å². The first kappa shape index (κ1) is 18.7. The van der Waals surface area contributed by atoms with Crippen molar-refractivity contribution in [2.45, 2.75) is 44.6 Å². The van der Waals surface area contributed by atoms with E-state index in [1.54, 1.807) is 17.2 Å². The number of hydrogen-bond acceptors (Lipinski definition) is 5. The van der Waals surface area contributed by atoms with Crippen molar-refractivity contribution in [1.82, 2.24) is 15.2 Å². The second kappa shape index (κ2) is 9.00. The summed E-state index contributed by atoms with van der Waals surface area (Å²) in [4.78, 5) is 40.3. The SMILES string of the molecule is Nc1cc(CCCC(=O)N(CC(=O)NCCC(=O)O)C2CC2)ccn1. The Hall–Kier alpha value is -2.64. The largest absolute Gasteiger partial charge is 0.481 e. The van der Waals surface area contributed by atoms with Crippen LogP contribution in [-0.2, 0) is 20.8 Å². The molecule has 1 saturated carbocycles. The molecule has 1 aliphatic carbocycles. The van der Waals surface area contributed by atoms with Crippen molar-refractivity contribution in [2.75, 3.05) is 18.8 Å². The normalized spacial score (nSPS) is 13.3. The molecule has 0 aliphatic heterocycles. The van der Waals surface area contributed by atoms with E-state index >= 15 is 0 Å². The molecule has 0 aromatic carbocycles. The maximum Gasteiger partial charge on any atom is 0.305 e. The van der Waals surface area contributed by atoms with Gasteiger partial charge in [0.15, 0.2) is 0 Å². The number of amides is 2. The molecule has 2 amide bonds. The number of aryl methyl sites for hydroxylation is 1. The van der Waals surface area contributed by atoms with Gasteiger partial charge in [-0.3, -0.25) is 14.4 Å². The molecule has 1 fully saturated rings. The van der Waals surface area contributed by atoms with Gasteiger partial charge < -0.3 is 21.1 Å². The number of hydrogen-bond donors (Lipinski definition) is 3. The van der Waals surface area contributed by atoms with Crippen molar-refractivity contribution in [2.24, 2.45) is 0 Å². The molecule has 0 saturated heterocycles. The van der Waals surface area contributed by atoms with E-state index in [4.69, 9.17) is 10.8 Å². The number of nitrogens with two attached hydrogens (primary N) is 1. The average molecular weight is 348 g/mol. The molecule has 25 heavy (non-hydrogen) atoms. The van der Waals surface area contributed by atoms with Crippen molar-refractivity contribution in [3.8, 4) is 0 Å². The van der Waals surface area contributed by atoms with E-state index in [1.165, 1.54) is 0 Å². The first-order valence-corrected chi connectivity index (χ1v) is 8.44. The van der Waals surface area contributed by atoms with Crippen molar-refractivity contribution in [3.63, 3.8) is 0 Å². The summed E-state index contributed by atoms with van der Waals surface area (Å²) in [7, 11) is 0. The third-order valence-corrected chi connectivity index (χ3v) is 3.98. The van der Waals surface area contributed by atoms with Gasteiger partial charge in [0.1, 0.15) is 5.82 Å². The summed E-state index contributed by atoms with van der Waals surface area (Å²) in [5.74, 6) is -0.866. The predicted molar refractivity (Wildman–Crippen MR) is 91.6 cm³/mol. The molecule has 2 rings (SSSR count). The number of nitrogens with one attached hydrogen (secondary N) is 1. The second-order valence-corrected chi connectivity index (χ2v) is 6.19. The molecule has 1 heterocycles. The number of aliphatic carboxylic acids is 1. The van der Waals surface area contributed by atoms with Crippen LogP contribution >= 0.6 is 0 Å². The monoisotopic (exact) mass is 348 g/mol. The summed E-state index contributed by atoms with van der Waals surface area (Å²) >= 11 is 0. The number of nitrogens with zero attached hydrogens (tertiary/aromatic N) is 2. The van der Waals surface area contributed by atoms with E-state index in [-0.39, 0.29) is 37.4 Å². The lowest BCUT2D eigenvalue weighted by molar-refractivity contribution is -0.138. The van der Waals surface area contributed by atoms with Crippen LogP contribution in [-0.4, -0.2) is 51.9 Å². The van der Waals surface area contributed by atoms with Gasteiger partial charge in [0.25, 0.3) is 0 Å². The minimum atomic E-state index is -0.966. The number of nitrogen functional groups attached to an aromatic ring is 1. The zero-order valence-corrected chi connectivity index (χ0v) is 14.1. The Morgan fingerprint density at radius 2 is 2.08 bits per heavy atom. The first-order valence-electron chi connectivity index (χ1n) is 8.44. The van der Waals surface area contributed by atoms with Gasteiger partial charge in [0.2, 0.25) is 11.8 Å². The average Bonchev–Trinajstić information content (AvgIpc) is 3.37. The van der Waals surface area contributed by atoms with E-state index in [1.807, 2.05) is 6.07 Å². The lowest BCUT2D eigenvalue weighted by Crippen LogP contribution is -2.42. The minimum Gasteiger partial charge on any atom is -0.481 e. The summed E-state index contributed by atoms with van der Waals surface area (Å²) in [6, 6.07) is 3.79. The predicted octanol–water partition coefficient (Wildman–Crippen LogP) is 0.568. The third-order valence-electron chi connectivity index (χ3n) is 3.98. The van der Waals surface area contributed by atoms with Gasteiger partial charge in [0.05, 0.1) is 13.0 Å². The smallest absolute Gasteiger partial charge is 0.305 e. The molecule has 1 aromatic rings. The summed E-state index contributed by atoms with van der Waals surface area (Å²) in [5.41, 5.74) is 6.66. The fourth-order valence-corrected chi connectivity index (χ4v) is 2.56. The molecule has 0 spiro atoms. The number of carboxylic acid groups (broad SMARTS) is 1. The molecule has 0 unspecified atom stereocenters. The zero-order chi connectivity index (χ0) is 18.2. The van der Waals surface area contributed by atoms with Crippen LogP contribution in [0.3, 0.4) is 0 Å². The molecule has 8 nitrogen and oxygen atoms in total. The Bertz CT molecular complexity index is 631. The Morgan fingerprint density at radius 1 is 1.32 bits per heavy atom. The molecule has 8 heteroatoms. The van der Waals surface area contributed by atoms with E-state index < -0.39 is 5.97 Å². The van der Waals surface area contributed by atoms with Crippen molar-refractivity contribution >= 4 is 23.6 Å². The summed E-state index contributed by atoms with van der Waals surface area (Å²) in [6.07, 6.45) is 5.10. The van der Waals surface area contributed by atoms with Gasteiger partial charge in [-0.05, 0) is 43.4 Å². The van der Waals surface area contributed by atoms with Crippen LogP contribution in [0, 0.1) is 0 Å². The molecule has 1 aliphatic rings. The lowest BCUT2D eigenvalue weighted by Gasteiger charge is -2.22. The molecule has 0 radical (unpaired) electrons. The van der Waals surface area contributed by atoms with Gasteiger partial charge in [-0.15, -0.1) is 0 Å². The highest BCUT2D eigenvalue weighted by Gasteiger charge is 2.33. The molecule has 0 atom stereocenters. The van der Waals surface area contributed by atoms with E-state index in [0.717, 1.165) is 24.8 Å². The molecule has 4 N–H and O–H groups in total.